The van der Waals surface area contributed by atoms with Gasteiger partial charge in [-0.05, 0) is 17.9 Å². The fourth-order valence-electron chi connectivity index (χ4n) is 2.64. The van der Waals surface area contributed by atoms with Crippen LogP contribution >= 0.6 is 35.3 Å². The van der Waals surface area contributed by atoms with Gasteiger partial charge < -0.3 is 15.0 Å². The minimum absolute atomic E-state index is 0. The van der Waals surface area contributed by atoms with Crippen molar-refractivity contribution < 1.29 is 4.74 Å². The number of nitrogens with one attached hydrogen (secondary N) is 1. The molecule has 1 unspecified atom stereocenters. The van der Waals surface area contributed by atoms with Gasteiger partial charge in [-0.25, -0.2) is 0 Å². The molecule has 1 N–H and O–H groups in total. The number of ether oxygens (including phenoxy) is 1. The summed E-state index contributed by atoms with van der Waals surface area (Å²) < 4.78 is 5.45. The molecule has 1 aliphatic heterocycles. The van der Waals surface area contributed by atoms with Crippen LogP contribution in [0.3, 0.4) is 0 Å². The molecule has 2 rings (SSSR count). The van der Waals surface area contributed by atoms with Gasteiger partial charge >= 0.3 is 0 Å². The number of hydrogen-bond acceptors (Lipinski definition) is 3. The van der Waals surface area contributed by atoms with Gasteiger partial charge in [-0.1, -0.05) is 19.9 Å². The molecule has 4 nitrogen and oxygen atoms in total. The molecule has 2 heterocycles. The van der Waals surface area contributed by atoms with Crippen molar-refractivity contribution in [2.24, 2.45) is 10.9 Å². The van der Waals surface area contributed by atoms with Crippen LogP contribution in [0.5, 0.6) is 0 Å². The Hall–Kier alpha value is -0.340. The Morgan fingerprint density at radius 2 is 2.32 bits per heavy atom. The van der Waals surface area contributed by atoms with Gasteiger partial charge in [0.2, 0.25) is 0 Å². The summed E-state index contributed by atoms with van der Waals surface area (Å²) in [5.41, 5.74) is 0.113. The van der Waals surface area contributed by atoms with Gasteiger partial charge in [-0.15, -0.1) is 35.3 Å². The summed E-state index contributed by atoms with van der Waals surface area (Å²) in [6.45, 7) is 8.19. The average molecular weight is 437 g/mol. The highest BCUT2D eigenvalue weighted by molar-refractivity contribution is 14.0. The fraction of sp³-hybridized carbons (Fsp3) is 0.688. The van der Waals surface area contributed by atoms with Crippen molar-refractivity contribution >= 4 is 41.3 Å². The maximum absolute atomic E-state index is 5.45. The van der Waals surface area contributed by atoms with Gasteiger partial charge in [0.05, 0.1) is 6.61 Å². The molecule has 0 amide bonds. The Labute approximate surface area is 155 Å². The first-order valence-electron chi connectivity index (χ1n) is 7.56. The zero-order valence-electron chi connectivity index (χ0n) is 14.0. The SMILES string of the molecule is CN=C(NCC(C)(C)c1cccs1)N(C)CC1CCOC1.I. The number of hydrogen-bond donors (Lipinski definition) is 1. The van der Waals surface area contributed by atoms with Crippen molar-refractivity contribution in [3.05, 3.63) is 22.4 Å². The van der Waals surface area contributed by atoms with Crippen LogP contribution in [0.25, 0.3) is 0 Å². The van der Waals surface area contributed by atoms with Crippen LogP contribution in [-0.2, 0) is 10.2 Å². The van der Waals surface area contributed by atoms with E-state index in [1.165, 1.54) is 4.88 Å². The van der Waals surface area contributed by atoms with E-state index in [9.17, 15) is 0 Å². The average Bonchev–Trinajstić information content (AvgIpc) is 3.12. The summed E-state index contributed by atoms with van der Waals surface area (Å²) in [6.07, 6.45) is 1.15. The Balaban J connectivity index is 0.00000242. The molecule has 0 radical (unpaired) electrons. The van der Waals surface area contributed by atoms with Crippen LogP contribution in [0.4, 0.5) is 0 Å². The molecule has 22 heavy (non-hydrogen) atoms. The summed E-state index contributed by atoms with van der Waals surface area (Å²) in [6, 6.07) is 4.32. The van der Waals surface area contributed by atoms with E-state index >= 15 is 0 Å². The molecule has 1 aromatic rings. The van der Waals surface area contributed by atoms with Crippen LogP contribution in [0, 0.1) is 5.92 Å². The Kier molecular flexibility index (Phi) is 8.13. The Morgan fingerprint density at radius 3 is 2.86 bits per heavy atom. The molecule has 1 fully saturated rings. The minimum Gasteiger partial charge on any atom is -0.381 e. The summed E-state index contributed by atoms with van der Waals surface area (Å²) in [5.74, 6) is 1.59. The van der Waals surface area contributed by atoms with Gasteiger partial charge in [0.25, 0.3) is 0 Å². The lowest BCUT2D eigenvalue weighted by Crippen LogP contribution is -2.45. The highest BCUT2D eigenvalue weighted by Crippen LogP contribution is 2.26. The predicted molar refractivity (Wildman–Crippen MR) is 106 cm³/mol. The number of aliphatic imine (C=N–C) groups is 1. The van der Waals surface area contributed by atoms with E-state index in [1.807, 2.05) is 18.4 Å². The zero-order chi connectivity index (χ0) is 15.3. The van der Waals surface area contributed by atoms with Gasteiger partial charge in [-0.3, -0.25) is 4.99 Å². The second-order valence-electron chi connectivity index (χ2n) is 6.37. The second kappa shape index (κ2) is 9.08. The van der Waals surface area contributed by atoms with Crippen molar-refractivity contribution in [3.8, 4) is 0 Å². The molecule has 1 aliphatic rings. The highest BCUT2D eigenvalue weighted by atomic mass is 127. The normalized spacial score (nSPS) is 18.9. The van der Waals surface area contributed by atoms with Crippen LogP contribution in [-0.4, -0.2) is 51.3 Å². The van der Waals surface area contributed by atoms with Gasteiger partial charge in [0.15, 0.2) is 5.96 Å². The van der Waals surface area contributed by atoms with Crippen LogP contribution in [0.15, 0.2) is 22.5 Å². The van der Waals surface area contributed by atoms with Crippen molar-refractivity contribution in [2.45, 2.75) is 25.7 Å². The van der Waals surface area contributed by atoms with Crippen molar-refractivity contribution in [3.63, 3.8) is 0 Å². The molecule has 0 bridgehead atoms. The maximum Gasteiger partial charge on any atom is 0.193 e. The van der Waals surface area contributed by atoms with E-state index in [-0.39, 0.29) is 29.4 Å². The first-order chi connectivity index (χ1) is 10.0. The van der Waals surface area contributed by atoms with Crippen molar-refractivity contribution in [1.29, 1.82) is 0 Å². The molecular formula is C16H28IN3OS. The van der Waals surface area contributed by atoms with Gasteiger partial charge in [-0.2, -0.15) is 0 Å². The lowest BCUT2D eigenvalue weighted by atomic mass is 9.91. The third-order valence-corrected chi connectivity index (χ3v) is 5.24. The van der Waals surface area contributed by atoms with Crippen LogP contribution in [0.1, 0.15) is 25.1 Å². The summed E-state index contributed by atoms with van der Waals surface area (Å²) >= 11 is 1.81. The molecule has 126 valence electrons. The molecule has 0 saturated carbocycles. The number of rotatable bonds is 5. The van der Waals surface area contributed by atoms with Crippen LogP contribution < -0.4 is 5.32 Å². The predicted octanol–water partition coefficient (Wildman–Crippen LogP) is 3.19. The standard InChI is InChI=1S/C16H27N3OS.HI/c1-16(2,14-6-5-9-21-14)12-18-15(17-3)19(4)10-13-7-8-20-11-13;/h5-6,9,13H,7-8,10-12H2,1-4H3,(H,17,18);1H. The van der Waals surface area contributed by atoms with E-state index in [2.05, 4.69) is 53.6 Å². The van der Waals surface area contributed by atoms with E-state index in [1.54, 1.807) is 0 Å². The molecule has 1 aromatic heterocycles. The summed E-state index contributed by atoms with van der Waals surface area (Å²) in [4.78, 5) is 8.02. The maximum atomic E-state index is 5.45. The topological polar surface area (TPSA) is 36.9 Å². The monoisotopic (exact) mass is 437 g/mol. The highest BCUT2D eigenvalue weighted by Gasteiger charge is 2.24. The number of thiophene rings is 1. The lowest BCUT2D eigenvalue weighted by Gasteiger charge is -2.29. The van der Waals surface area contributed by atoms with Crippen LogP contribution in [0.2, 0.25) is 0 Å². The largest absolute Gasteiger partial charge is 0.381 e. The van der Waals surface area contributed by atoms with E-state index in [0.717, 1.165) is 38.7 Å². The smallest absolute Gasteiger partial charge is 0.193 e. The van der Waals surface area contributed by atoms with E-state index in [4.69, 9.17) is 4.74 Å². The fourth-order valence-corrected chi connectivity index (χ4v) is 3.49. The summed E-state index contributed by atoms with van der Waals surface area (Å²) in [5, 5.41) is 5.65. The molecule has 1 atom stereocenters. The molecule has 0 spiro atoms. The lowest BCUT2D eigenvalue weighted by molar-refractivity contribution is 0.181. The van der Waals surface area contributed by atoms with E-state index < -0.39 is 0 Å². The third-order valence-electron chi connectivity index (χ3n) is 4.01. The van der Waals surface area contributed by atoms with Gasteiger partial charge in [0.1, 0.15) is 0 Å². The number of nitrogens with zero attached hydrogens (tertiary/aromatic N) is 2. The number of guanidine groups is 1. The van der Waals surface area contributed by atoms with E-state index in [0.29, 0.717) is 5.92 Å². The first kappa shape index (κ1) is 19.7. The molecule has 6 heteroatoms. The Morgan fingerprint density at radius 1 is 1.55 bits per heavy atom. The van der Waals surface area contributed by atoms with Gasteiger partial charge in [0, 0.05) is 50.0 Å². The third kappa shape index (κ3) is 5.38. The molecule has 0 aliphatic carbocycles. The van der Waals surface area contributed by atoms with Crippen molar-refractivity contribution in [1.82, 2.24) is 10.2 Å². The number of halogens is 1. The zero-order valence-corrected chi connectivity index (χ0v) is 17.1. The quantitative estimate of drug-likeness (QED) is 0.437. The summed E-state index contributed by atoms with van der Waals surface area (Å²) in [7, 11) is 3.95. The molecular weight excluding hydrogens is 409 g/mol. The van der Waals surface area contributed by atoms with Crippen molar-refractivity contribution in [2.75, 3.05) is 40.4 Å². The first-order valence-corrected chi connectivity index (χ1v) is 8.44. The molecule has 1 saturated heterocycles. The second-order valence-corrected chi connectivity index (χ2v) is 7.32. The molecule has 0 aromatic carbocycles. The Bertz CT molecular complexity index is 456. The minimum atomic E-state index is 0.